The number of sulfonamides is 1. The molecule has 0 aromatic heterocycles. The fourth-order valence-electron chi connectivity index (χ4n) is 5.93. The lowest BCUT2D eigenvalue weighted by Crippen LogP contribution is -2.54. The van der Waals surface area contributed by atoms with Crippen molar-refractivity contribution in [2.45, 2.75) is 62.6 Å². The second-order valence-electron chi connectivity index (χ2n) is 12.1. The van der Waals surface area contributed by atoms with Gasteiger partial charge in [0.15, 0.2) is 0 Å². The first kappa shape index (κ1) is 36.7. The van der Waals surface area contributed by atoms with E-state index in [-0.39, 0.29) is 29.8 Å². The van der Waals surface area contributed by atoms with E-state index in [4.69, 9.17) is 27.9 Å². The number of ether oxygens (including phenoxy) is 1. The smallest absolute Gasteiger partial charge is 0.264 e. The molecule has 5 rings (SSSR count). The van der Waals surface area contributed by atoms with Crippen LogP contribution < -0.4 is 14.4 Å². The molecule has 0 bridgehead atoms. The number of carbonyl (C=O) groups is 2. The van der Waals surface area contributed by atoms with Crippen LogP contribution in [0.15, 0.2) is 100 Å². The average molecular weight is 788 g/mol. The summed E-state index contributed by atoms with van der Waals surface area (Å²) in [6, 6.07) is 24.9. The molecule has 258 valence electrons. The number of nitrogens with one attached hydrogen (secondary N) is 1. The Morgan fingerprint density at radius 2 is 1.61 bits per heavy atom. The highest BCUT2D eigenvalue weighted by molar-refractivity contribution is 9.10. The number of hydrogen-bond acceptors (Lipinski definition) is 5. The first-order valence-electron chi connectivity index (χ1n) is 16.0. The predicted molar refractivity (Wildman–Crippen MR) is 198 cm³/mol. The van der Waals surface area contributed by atoms with Crippen LogP contribution in [-0.2, 0) is 32.6 Å². The number of nitrogens with zero attached hydrogens (tertiary/aromatic N) is 2. The van der Waals surface area contributed by atoms with E-state index < -0.39 is 28.5 Å². The Labute approximate surface area is 306 Å². The van der Waals surface area contributed by atoms with Gasteiger partial charge in [0.2, 0.25) is 11.8 Å². The number of anilines is 1. The Bertz CT molecular complexity index is 1890. The van der Waals surface area contributed by atoms with E-state index in [0.29, 0.717) is 31.5 Å². The highest BCUT2D eigenvalue weighted by Gasteiger charge is 2.36. The number of rotatable bonds is 13. The van der Waals surface area contributed by atoms with Crippen LogP contribution in [0.5, 0.6) is 5.75 Å². The van der Waals surface area contributed by atoms with E-state index in [9.17, 15) is 18.0 Å². The maximum Gasteiger partial charge on any atom is 0.264 e. The normalized spacial score (nSPS) is 13.9. The second kappa shape index (κ2) is 16.4. The zero-order valence-corrected chi connectivity index (χ0v) is 31.2. The van der Waals surface area contributed by atoms with Crippen LogP contribution >= 0.6 is 39.1 Å². The third kappa shape index (κ3) is 9.16. The molecular weight excluding hydrogens is 749 g/mol. The van der Waals surface area contributed by atoms with Gasteiger partial charge in [0.05, 0.1) is 32.2 Å². The van der Waals surface area contributed by atoms with E-state index in [1.54, 1.807) is 48.5 Å². The summed E-state index contributed by atoms with van der Waals surface area (Å²) in [7, 11) is -2.80. The molecule has 0 radical (unpaired) electrons. The van der Waals surface area contributed by atoms with E-state index in [0.717, 1.165) is 41.1 Å². The number of aryl methyl sites for hydroxylation is 1. The zero-order valence-electron chi connectivity index (χ0n) is 27.2. The van der Waals surface area contributed by atoms with Crippen molar-refractivity contribution in [1.29, 1.82) is 0 Å². The fourth-order valence-corrected chi connectivity index (χ4v) is 8.38. The van der Waals surface area contributed by atoms with Gasteiger partial charge in [-0.1, -0.05) is 90.1 Å². The molecule has 1 saturated carbocycles. The largest absolute Gasteiger partial charge is 0.496 e. The van der Waals surface area contributed by atoms with Crippen molar-refractivity contribution in [3.8, 4) is 5.75 Å². The molecule has 0 aliphatic heterocycles. The molecule has 2 amide bonds. The summed E-state index contributed by atoms with van der Waals surface area (Å²) in [6.45, 7) is 1.31. The number of benzene rings is 4. The van der Waals surface area contributed by atoms with Crippen LogP contribution in [0.2, 0.25) is 10.0 Å². The van der Waals surface area contributed by atoms with Crippen LogP contribution in [-0.4, -0.2) is 50.9 Å². The molecule has 0 heterocycles. The van der Waals surface area contributed by atoms with Crippen LogP contribution in [0, 0.1) is 6.92 Å². The number of carbonyl (C=O) groups excluding carboxylic acids is 2. The monoisotopic (exact) mass is 785 g/mol. The number of amides is 2. The van der Waals surface area contributed by atoms with Crippen LogP contribution in [0.1, 0.15) is 42.4 Å². The summed E-state index contributed by atoms with van der Waals surface area (Å²) in [5.41, 5.74) is 2.72. The third-order valence-corrected chi connectivity index (χ3v) is 11.8. The summed E-state index contributed by atoms with van der Waals surface area (Å²) in [5, 5.41) is 3.83. The quantitative estimate of drug-likeness (QED) is 0.148. The lowest BCUT2D eigenvalue weighted by Gasteiger charge is -2.34. The van der Waals surface area contributed by atoms with Crippen molar-refractivity contribution in [2.24, 2.45) is 0 Å². The molecular formula is C37H38BrCl2N3O5S. The molecule has 1 N–H and O–H groups in total. The molecule has 0 saturated heterocycles. The van der Waals surface area contributed by atoms with Crippen LogP contribution in [0.3, 0.4) is 0 Å². The molecule has 1 aliphatic carbocycles. The van der Waals surface area contributed by atoms with Crippen LogP contribution in [0.4, 0.5) is 5.69 Å². The summed E-state index contributed by atoms with van der Waals surface area (Å²) < 4.78 is 35.6. The molecule has 1 aliphatic rings. The van der Waals surface area contributed by atoms with Crippen molar-refractivity contribution in [3.05, 3.63) is 122 Å². The first-order chi connectivity index (χ1) is 23.5. The summed E-state index contributed by atoms with van der Waals surface area (Å²) in [4.78, 5) is 30.3. The second-order valence-corrected chi connectivity index (χ2v) is 15.6. The van der Waals surface area contributed by atoms with Gasteiger partial charge in [-0.2, -0.15) is 0 Å². The molecule has 0 spiro atoms. The molecule has 8 nitrogen and oxygen atoms in total. The Balaban J connectivity index is 1.58. The van der Waals surface area contributed by atoms with Gasteiger partial charge in [0.1, 0.15) is 18.3 Å². The van der Waals surface area contributed by atoms with E-state index in [1.807, 2.05) is 37.3 Å². The SMILES string of the molecule is COc1ccc(S(=O)(=O)N(CC(=O)N(Cc2ccc(Cl)c(Cl)c2)[C@H](Cc2ccccc2)C(=O)NC2CCCC2)c2ccc(C)cc2)cc1Br. The zero-order chi connectivity index (χ0) is 35.1. The first-order valence-corrected chi connectivity index (χ1v) is 19.0. The molecule has 1 atom stereocenters. The fraction of sp³-hybridized carbons (Fsp3) is 0.297. The van der Waals surface area contributed by atoms with Crippen LogP contribution in [0.25, 0.3) is 0 Å². The van der Waals surface area contributed by atoms with Gasteiger partial charge >= 0.3 is 0 Å². The highest BCUT2D eigenvalue weighted by Crippen LogP contribution is 2.32. The minimum Gasteiger partial charge on any atom is -0.496 e. The Kier molecular flexibility index (Phi) is 12.3. The maximum absolute atomic E-state index is 14.7. The Hall–Kier alpha value is -3.57. The van der Waals surface area contributed by atoms with Gasteiger partial charge in [-0.15, -0.1) is 0 Å². The number of halogens is 3. The predicted octanol–water partition coefficient (Wildman–Crippen LogP) is 7.97. The van der Waals surface area contributed by atoms with E-state index in [2.05, 4.69) is 21.2 Å². The van der Waals surface area contributed by atoms with Gasteiger partial charge in [-0.05, 0) is 89.3 Å². The van der Waals surface area contributed by atoms with Gasteiger partial charge in [-0.25, -0.2) is 8.42 Å². The maximum atomic E-state index is 14.7. The Morgan fingerprint density at radius 3 is 2.24 bits per heavy atom. The van der Waals surface area contributed by atoms with E-state index >= 15 is 0 Å². The topological polar surface area (TPSA) is 96.0 Å². The van der Waals surface area contributed by atoms with E-state index in [1.165, 1.54) is 24.1 Å². The highest BCUT2D eigenvalue weighted by atomic mass is 79.9. The number of methoxy groups -OCH3 is 1. The van der Waals surface area contributed by atoms with Gasteiger partial charge in [0, 0.05) is 19.0 Å². The standard InChI is InChI=1S/C37H38BrCl2N3O5S/c1-25-12-15-29(16-13-25)43(49(46,47)30-17-19-35(48-2)31(38)22-30)24-36(44)42(23-27-14-18-32(39)33(40)20-27)34(21-26-8-4-3-5-9-26)37(45)41-28-10-6-7-11-28/h3-5,8-9,12-20,22,28,34H,6-7,10-11,21,23-24H2,1-2H3,(H,41,45)/t34-/m1/s1. The molecule has 0 unspecified atom stereocenters. The molecule has 1 fully saturated rings. The third-order valence-electron chi connectivity index (χ3n) is 8.62. The summed E-state index contributed by atoms with van der Waals surface area (Å²) in [5.74, 6) is -0.403. The minimum absolute atomic E-state index is 0.00524. The lowest BCUT2D eigenvalue weighted by atomic mass is 10.0. The molecule has 4 aromatic rings. The van der Waals surface area contributed by atoms with Crippen molar-refractivity contribution >= 4 is 66.7 Å². The van der Waals surface area contributed by atoms with Crippen molar-refractivity contribution in [1.82, 2.24) is 10.2 Å². The lowest BCUT2D eigenvalue weighted by molar-refractivity contribution is -0.140. The molecule has 12 heteroatoms. The number of hydrogen-bond donors (Lipinski definition) is 1. The van der Waals surface area contributed by atoms with Gasteiger partial charge < -0.3 is 15.0 Å². The average Bonchev–Trinajstić information content (AvgIpc) is 3.60. The van der Waals surface area contributed by atoms with Gasteiger partial charge in [-0.3, -0.25) is 13.9 Å². The van der Waals surface area contributed by atoms with Crippen molar-refractivity contribution in [2.75, 3.05) is 18.0 Å². The van der Waals surface area contributed by atoms with Gasteiger partial charge in [0.25, 0.3) is 10.0 Å². The van der Waals surface area contributed by atoms with Crippen molar-refractivity contribution in [3.63, 3.8) is 0 Å². The molecule has 4 aromatic carbocycles. The van der Waals surface area contributed by atoms with Crippen molar-refractivity contribution < 1.29 is 22.7 Å². The summed E-state index contributed by atoms with van der Waals surface area (Å²) in [6.07, 6.45) is 3.98. The minimum atomic E-state index is -4.29. The Morgan fingerprint density at radius 1 is 0.918 bits per heavy atom. The summed E-state index contributed by atoms with van der Waals surface area (Å²) >= 11 is 16.0. The molecule has 49 heavy (non-hydrogen) atoms.